The van der Waals surface area contributed by atoms with Crippen molar-refractivity contribution in [2.45, 2.75) is 22.6 Å². The second kappa shape index (κ2) is 6.74. The molecule has 0 saturated carbocycles. The van der Waals surface area contributed by atoms with E-state index in [4.69, 9.17) is 4.74 Å². The summed E-state index contributed by atoms with van der Waals surface area (Å²) in [6, 6.07) is 11.2. The van der Waals surface area contributed by atoms with Gasteiger partial charge in [0, 0.05) is 13.1 Å². The second-order valence-corrected chi connectivity index (χ2v) is 8.34. The first-order chi connectivity index (χ1) is 12.6. The molecule has 2 heterocycles. The molecule has 2 aromatic rings. The Bertz CT molecular complexity index is 950. The van der Waals surface area contributed by atoms with E-state index in [1.54, 1.807) is 30.3 Å². The number of hydrogen-bond donors (Lipinski definition) is 1. The molecule has 2 aliphatic rings. The highest BCUT2D eigenvalue weighted by atomic mass is 32.2. The van der Waals surface area contributed by atoms with E-state index in [-0.39, 0.29) is 26.9 Å². The number of sulfone groups is 1. The summed E-state index contributed by atoms with van der Waals surface area (Å²) in [6.45, 7) is 3.36. The van der Waals surface area contributed by atoms with Gasteiger partial charge in [0.15, 0.2) is 0 Å². The molecule has 1 saturated heterocycles. The van der Waals surface area contributed by atoms with Crippen LogP contribution in [0, 0.1) is 0 Å². The smallest absolute Gasteiger partial charge is 0.252 e. The molecule has 0 radical (unpaired) electrons. The molecule has 1 amide bonds. The number of rotatable bonds is 4. The van der Waals surface area contributed by atoms with E-state index >= 15 is 0 Å². The Kier molecular flexibility index (Phi) is 4.42. The lowest BCUT2D eigenvalue weighted by Crippen LogP contribution is -2.34. The second-order valence-electron chi connectivity index (χ2n) is 6.49. The number of carbonyl (C=O) groups excluding carboxylic acids is 1. The van der Waals surface area contributed by atoms with Crippen LogP contribution >= 0.6 is 0 Å². The lowest BCUT2D eigenvalue weighted by molar-refractivity contribution is 0.0945. The summed E-state index contributed by atoms with van der Waals surface area (Å²) in [5, 5.41) is 2.84. The molecule has 2 aromatic carbocycles. The van der Waals surface area contributed by atoms with Gasteiger partial charge in [-0.25, -0.2) is 8.42 Å². The van der Waals surface area contributed by atoms with E-state index < -0.39 is 15.7 Å². The van der Waals surface area contributed by atoms with Crippen LogP contribution in [0.25, 0.3) is 0 Å². The summed E-state index contributed by atoms with van der Waals surface area (Å²) < 4.78 is 31.8. The third kappa shape index (κ3) is 2.97. The number of para-hydroxylation sites is 1. The Morgan fingerprint density at radius 1 is 1.04 bits per heavy atom. The number of benzene rings is 2. The molecule has 136 valence electrons. The van der Waals surface area contributed by atoms with Gasteiger partial charge in [0.05, 0.1) is 5.56 Å². The first-order valence-electron chi connectivity index (χ1n) is 8.73. The molecule has 7 heteroatoms. The summed E-state index contributed by atoms with van der Waals surface area (Å²) >= 11 is 0. The van der Waals surface area contributed by atoms with Crippen molar-refractivity contribution in [2.24, 2.45) is 0 Å². The lowest BCUT2D eigenvalue weighted by atomic mass is 10.2. The zero-order valence-electron chi connectivity index (χ0n) is 14.3. The Morgan fingerprint density at radius 2 is 1.77 bits per heavy atom. The average Bonchev–Trinajstić information content (AvgIpc) is 3.14. The third-order valence-corrected chi connectivity index (χ3v) is 6.64. The fraction of sp³-hybridized carbons (Fsp3) is 0.316. The Balaban J connectivity index is 1.61. The van der Waals surface area contributed by atoms with Gasteiger partial charge in [-0.2, -0.15) is 0 Å². The maximum absolute atomic E-state index is 13.0. The van der Waals surface area contributed by atoms with Gasteiger partial charge in [0.25, 0.3) is 5.91 Å². The minimum Gasteiger partial charge on any atom is -0.455 e. The molecule has 26 heavy (non-hydrogen) atoms. The van der Waals surface area contributed by atoms with Crippen molar-refractivity contribution in [3.8, 4) is 11.5 Å². The molecule has 1 fully saturated rings. The molecule has 4 rings (SSSR count). The van der Waals surface area contributed by atoms with Gasteiger partial charge in [0.2, 0.25) is 9.84 Å². The van der Waals surface area contributed by atoms with Gasteiger partial charge in [-0.05, 0) is 50.2 Å². The highest BCUT2D eigenvalue weighted by Gasteiger charge is 2.35. The van der Waals surface area contributed by atoms with Crippen molar-refractivity contribution >= 4 is 15.7 Å². The van der Waals surface area contributed by atoms with Crippen LogP contribution in [0.3, 0.4) is 0 Å². The van der Waals surface area contributed by atoms with Crippen molar-refractivity contribution in [1.29, 1.82) is 0 Å². The van der Waals surface area contributed by atoms with E-state index in [1.807, 2.05) is 0 Å². The van der Waals surface area contributed by atoms with Crippen LogP contribution in [0.1, 0.15) is 23.2 Å². The molecule has 2 aliphatic heterocycles. The molecule has 0 unspecified atom stereocenters. The number of likely N-dealkylation sites (tertiary alicyclic amines) is 1. The molecule has 6 nitrogen and oxygen atoms in total. The maximum Gasteiger partial charge on any atom is 0.252 e. The van der Waals surface area contributed by atoms with Gasteiger partial charge in [-0.3, -0.25) is 4.79 Å². The third-order valence-electron chi connectivity index (χ3n) is 4.76. The van der Waals surface area contributed by atoms with Crippen LogP contribution in [0.4, 0.5) is 0 Å². The minimum absolute atomic E-state index is 0.0580. The maximum atomic E-state index is 13.0. The summed E-state index contributed by atoms with van der Waals surface area (Å²) in [4.78, 5) is 15.0. The predicted octanol–water partition coefficient (Wildman–Crippen LogP) is 2.45. The zero-order chi connectivity index (χ0) is 18.1. The summed E-state index contributed by atoms with van der Waals surface area (Å²) in [7, 11) is -3.81. The Labute approximate surface area is 152 Å². The van der Waals surface area contributed by atoms with Crippen LogP contribution < -0.4 is 10.1 Å². The number of carbonyl (C=O) groups is 1. The molecule has 0 bridgehead atoms. The topological polar surface area (TPSA) is 75.7 Å². The number of nitrogens with zero attached hydrogens (tertiary/aromatic N) is 1. The SMILES string of the molecule is O=C(NCCN1CCCC1)c1cccc2c1S(=O)(=O)c1ccccc1O2. The Hall–Kier alpha value is -2.38. The number of amides is 1. The van der Waals surface area contributed by atoms with Gasteiger partial charge >= 0.3 is 0 Å². The number of fused-ring (bicyclic) bond motifs is 2. The van der Waals surface area contributed by atoms with Crippen LogP contribution in [-0.2, 0) is 9.84 Å². The summed E-state index contributed by atoms with van der Waals surface area (Å²) in [5.74, 6) is 0.0788. The summed E-state index contributed by atoms with van der Waals surface area (Å²) in [6.07, 6.45) is 2.38. The van der Waals surface area contributed by atoms with Crippen molar-refractivity contribution in [1.82, 2.24) is 10.2 Å². The molecule has 1 N–H and O–H groups in total. The van der Waals surface area contributed by atoms with Crippen molar-refractivity contribution in [2.75, 3.05) is 26.2 Å². The van der Waals surface area contributed by atoms with Gasteiger partial charge in [0.1, 0.15) is 21.3 Å². The Morgan fingerprint density at radius 3 is 2.58 bits per heavy atom. The number of hydrogen-bond acceptors (Lipinski definition) is 5. The van der Waals surface area contributed by atoms with E-state index in [9.17, 15) is 13.2 Å². The standard InChI is InChI=1S/C19H20N2O4S/c22-19(20-10-13-21-11-3-4-12-21)14-6-5-8-16-18(14)26(23,24)17-9-2-1-7-15(17)25-16/h1-2,5-9H,3-4,10-13H2,(H,20,22). The largest absolute Gasteiger partial charge is 0.455 e. The lowest BCUT2D eigenvalue weighted by Gasteiger charge is -2.22. The molecule has 0 aromatic heterocycles. The van der Waals surface area contributed by atoms with Crippen molar-refractivity contribution < 1.29 is 17.9 Å². The fourth-order valence-electron chi connectivity index (χ4n) is 3.47. The van der Waals surface area contributed by atoms with E-state index in [1.165, 1.54) is 25.0 Å². The molecular formula is C19H20N2O4S. The zero-order valence-corrected chi connectivity index (χ0v) is 15.1. The van der Waals surface area contributed by atoms with E-state index in [2.05, 4.69) is 10.2 Å². The van der Waals surface area contributed by atoms with Gasteiger partial charge in [-0.1, -0.05) is 18.2 Å². The number of nitrogens with one attached hydrogen (secondary N) is 1. The highest BCUT2D eigenvalue weighted by Crippen LogP contribution is 2.43. The monoisotopic (exact) mass is 372 g/mol. The van der Waals surface area contributed by atoms with E-state index in [0.29, 0.717) is 6.54 Å². The summed E-state index contributed by atoms with van der Waals surface area (Å²) in [5.41, 5.74) is 0.124. The number of ether oxygens (including phenoxy) is 1. The molecular weight excluding hydrogens is 352 g/mol. The van der Waals surface area contributed by atoms with Crippen LogP contribution in [0.5, 0.6) is 11.5 Å². The quantitative estimate of drug-likeness (QED) is 0.761. The van der Waals surface area contributed by atoms with Crippen LogP contribution in [0.2, 0.25) is 0 Å². The first kappa shape index (κ1) is 17.1. The van der Waals surface area contributed by atoms with Gasteiger partial charge in [-0.15, -0.1) is 0 Å². The van der Waals surface area contributed by atoms with Crippen LogP contribution in [-0.4, -0.2) is 45.4 Å². The normalized spacial score (nSPS) is 17.8. The van der Waals surface area contributed by atoms with Crippen LogP contribution in [0.15, 0.2) is 52.3 Å². The minimum atomic E-state index is -3.81. The van der Waals surface area contributed by atoms with E-state index in [0.717, 1.165) is 19.6 Å². The van der Waals surface area contributed by atoms with Crippen molar-refractivity contribution in [3.05, 3.63) is 48.0 Å². The fourth-order valence-corrected chi connectivity index (χ4v) is 5.14. The molecule has 0 aliphatic carbocycles. The molecule has 0 spiro atoms. The van der Waals surface area contributed by atoms with Gasteiger partial charge < -0.3 is 15.0 Å². The average molecular weight is 372 g/mol. The highest BCUT2D eigenvalue weighted by molar-refractivity contribution is 7.91. The van der Waals surface area contributed by atoms with Crippen molar-refractivity contribution in [3.63, 3.8) is 0 Å². The first-order valence-corrected chi connectivity index (χ1v) is 10.2. The predicted molar refractivity (Wildman–Crippen MR) is 96.4 cm³/mol. The molecule has 0 atom stereocenters.